The smallest absolute Gasteiger partial charge is 0.410 e. The maximum atomic E-state index is 12.6. The number of rotatable bonds is 10. The Morgan fingerprint density at radius 3 is 2.00 bits per heavy atom. The monoisotopic (exact) mass is 597 g/mol. The fraction of sp³-hybridized carbons (Fsp3) is 0.647. The van der Waals surface area contributed by atoms with E-state index in [4.69, 9.17) is 18.9 Å². The maximum Gasteiger partial charge on any atom is 0.410 e. The minimum Gasteiger partial charge on any atom is -0.496 e. The molecule has 2 aliphatic heterocycles. The summed E-state index contributed by atoms with van der Waals surface area (Å²) in [6.07, 6.45) is 7.60. The van der Waals surface area contributed by atoms with Crippen molar-refractivity contribution in [3.63, 3.8) is 0 Å². The van der Waals surface area contributed by atoms with E-state index in [1.807, 2.05) is 40.0 Å². The number of methoxy groups -OCH3 is 2. The zero-order valence-corrected chi connectivity index (χ0v) is 27.2. The van der Waals surface area contributed by atoms with Gasteiger partial charge in [-0.05, 0) is 95.5 Å². The van der Waals surface area contributed by atoms with Gasteiger partial charge < -0.3 is 33.3 Å². The highest BCUT2D eigenvalue weighted by Crippen LogP contribution is 2.36. The number of nitrogens with zero attached hydrogens (tertiary/aromatic N) is 3. The molecule has 0 bridgehead atoms. The van der Waals surface area contributed by atoms with Gasteiger partial charge in [0.1, 0.15) is 17.1 Å². The van der Waals surface area contributed by atoms with Gasteiger partial charge in [0.05, 0.1) is 26.4 Å². The number of benzene rings is 1. The molecule has 0 aliphatic carbocycles. The highest BCUT2D eigenvalue weighted by Gasteiger charge is 2.30. The van der Waals surface area contributed by atoms with E-state index < -0.39 is 5.60 Å². The SMILES string of the molecule is CCCn1cc(-c2cc(OC)c(CCN3CCC(OC4CCN(C(=O)OC(C)(C)C)CC4)CC3)c(OC)c2)cc(C)c1=O. The second-order valence-electron chi connectivity index (χ2n) is 12.9. The number of likely N-dealkylation sites (tertiary alicyclic amines) is 2. The second kappa shape index (κ2) is 14.6. The molecule has 4 rings (SSSR count). The molecule has 0 saturated carbocycles. The van der Waals surface area contributed by atoms with Crippen molar-refractivity contribution in [1.82, 2.24) is 14.4 Å². The Morgan fingerprint density at radius 2 is 1.47 bits per heavy atom. The average molecular weight is 598 g/mol. The quantitative estimate of drug-likeness (QED) is 0.349. The summed E-state index contributed by atoms with van der Waals surface area (Å²) in [7, 11) is 3.40. The molecule has 2 fully saturated rings. The van der Waals surface area contributed by atoms with Crippen LogP contribution in [-0.4, -0.2) is 85.2 Å². The van der Waals surface area contributed by atoms with E-state index in [1.165, 1.54) is 0 Å². The summed E-state index contributed by atoms with van der Waals surface area (Å²) in [5.41, 5.74) is 3.32. The van der Waals surface area contributed by atoms with Crippen LogP contribution in [0.4, 0.5) is 4.79 Å². The standard InChI is InChI=1S/C34H51N3O6/c1-8-14-37-23-26(20-24(2)32(37)38)25-21-30(40-6)29(31(22-25)41-7)13-17-35-15-9-27(10-16-35)42-28-11-18-36(19-12-28)33(39)43-34(3,4)5/h20-23,27-28H,8-19H2,1-7H3. The summed E-state index contributed by atoms with van der Waals surface area (Å²) in [5, 5.41) is 0. The predicted molar refractivity (Wildman–Crippen MR) is 169 cm³/mol. The number of amides is 1. The molecule has 1 amide bonds. The molecule has 2 aliphatic rings. The van der Waals surface area contributed by atoms with Gasteiger partial charge in [-0.1, -0.05) is 6.92 Å². The van der Waals surface area contributed by atoms with Crippen LogP contribution in [-0.2, 0) is 22.4 Å². The van der Waals surface area contributed by atoms with Gasteiger partial charge in [0.2, 0.25) is 0 Å². The van der Waals surface area contributed by atoms with Gasteiger partial charge in [0, 0.05) is 56.6 Å². The van der Waals surface area contributed by atoms with Crippen molar-refractivity contribution in [2.45, 2.75) is 97.5 Å². The molecule has 0 unspecified atom stereocenters. The number of pyridine rings is 1. The summed E-state index contributed by atoms with van der Waals surface area (Å²) in [5.74, 6) is 1.60. The van der Waals surface area contributed by atoms with Crippen LogP contribution in [0.15, 0.2) is 29.2 Å². The van der Waals surface area contributed by atoms with Crippen molar-refractivity contribution in [2.24, 2.45) is 0 Å². The normalized spacial score (nSPS) is 17.2. The largest absolute Gasteiger partial charge is 0.496 e. The molecule has 0 radical (unpaired) electrons. The van der Waals surface area contributed by atoms with Gasteiger partial charge in [-0.25, -0.2) is 4.79 Å². The molecule has 9 heteroatoms. The lowest BCUT2D eigenvalue weighted by atomic mass is 9.99. The van der Waals surface area contributed by atoms with Gasteiger partial charge in [0.25, 0.3) is 5.56 Å². The summed E-state index contributed by atoms with van der Waals surface area (Å²) in [6.45, 7) is 14.6. The Labute approximate surface area is 257 Å². The van der Waals surface area contributed by atoms with Crippen LogP contribution >= 0.6 is 0 Å². The Morgan fingerprint density at radius 1 is 0.884 bits per heavy atom. The third-order valence-corrected chi connectivity index (χ3v) is 8.36. The van der Waals surface area contributed by atoms with Gasteiger partial charge >= 0.3 is 6.09 Å². The number of hydrogen-bond donors (Lipinski definition) is 0. The molecular weight excluding hydrogens is 546 g/mol. The fourth-order valence-corrected chi connectivity index (χ4v) is 6.06. The number of carbonyl (C=O) groups excluding carboxylic acids is 1. The van der Waals surface area contributed by atoms with Gasteiger partial charge in [-0.3, -0.25) is 4.79 Å². The minimum atomic E-state index is -0.471. The first-order valence-electron chi connectivity index (χ1n) is 15.8. The third kappa shape index (κ3) is 8.76. The number of carbonyl (C=O) groups is 1. The topological polar surface area (TPSA) is 82.5 Å². The lowest BCUT2D eigenvalue weighted by Gasteiger charge is -2.37. The Hall–Kier alpha value is -3.04. The minimum absolute atomic E-state index is 0.0545. The van der Waals surface area contributed by atoms with E-state index >= 15 is 0 Å². The Balaban J connectivity index is 1.30. The van der Waals surface area contributed by atoms with E-state index in [1.54, 1.807) is 23.7 Å². The first-order chi connectivity index (χ1) is 20.5. The third-order valence-electron chi connectivity index (χ3n) is 8.36. The van der Waals surface area contributed by atoms with Crippen molar-refractivity contribution in [3.05, 3.63) is 45.9 Å². The lowest BCUT2D eigenvalue weighted by molar-refractivity contribution is -0.0661. The highest BCUT2D eigenvalue weighted by atomic mass is 16.6. The zero-order valence-electron chi connectivity index (χ0n) is 27.2. The highest BCUT2D eigenvalue weighted by molar-refractivity contribution is 5.69. The van der Waals surface area contributed by atoms with E-state index in [-0.39, 0.29) is 23.9 Å². The van der Waals surface area contributed by atoms with E-state index in [2.05, 4.69) is 24.0 Å². The molecule has 2 saturated heterocycles. The van der Waals surface area contributed by atoms with Crippen molar-refractivity contribution < 1.29 is 23.7 Å². The number of aryl methyl sites for hydroxylation is 2. The van der Waals surface area contributed by atoms with Gasteiger partial charge in [-0.2, -0.15) is 0 Å². The van der Waals surface area contributed by atoms with Crippen molar-refractivity contribution >= 4 is 6.09 Å². The average Bonchev–Trinajstić information content (AvgIpc) is 2.98. The van der Waals surface area contributed by atoms with Gasteiger partial charge in [0.15, 0.2) is 0 Å². The van der Waals surface area contributed by atoms with Crippen LogP contribution in [0.2, 0.25) is 0 Å². The Bertz CT molecular complexity index is 1260. The molecule has 0 spiro atoms. The first-order valence-corrected chi connectivity index (χ1v) is 15.8. The van der Waals surface area contributed by atoms with Crippen LogP contribution < -0.4 is 15.0 Å². The maximum absolute atomic E-state index is 12.6. The number of aromatic nitrogens is 1. The number of ether oxygens (including phenoxy) is 4. The summed E-state index contributed by atoms with van der Waals surface area (Å²) in [6, 6.07) is 6.06. The molecular formula is C34H51N3O6. The molecule has 1 aromatic carbocycles. The molecule has 238 valence electrons. The molecule has 43 heavy (non-hydrogen) atoms. The first kappa shape index (κ1) is 32.9. The molecule has 0 N–H and O–H groups in total. The van der Waals surface area contributed by atoms with Crippen LogP contribution in [0.1, 0.15) is 70.9 Å². The zero-order chi connectivity index (χ0) is 31.1. The lowest BCUT2D eigenvalue weighted by Crippen LogP contribution is -2.45. The summed E-state index contributed by atoms with van der Waals surface area (Å²) in [4.78, 5) is 29.2. The summed E-state index contributed by atoms with van der Waals surface area (Å²) < 4.78 is 25.5. The second-order valence-corrected chi connectivity index (χ2v) is 12.9. The molecule has 2 aromatic rings. The van der Waals surface area contributed by atoms with Gasteiger partial charge in [-0.15, -0.1) is 0 Å². The van der Waals surface area contributed by atoms with Crippen LogP contribution in [0.3, 0.4) is 0 Å². The van der Waals surface area contributed by atoms with Crippen molar-refractivity contribution in [2.75, 3.05) is 46.9 Å². The summed E-state index contributed by atoms with van der Waals surface area (Å²) >= 11 is 0. The molecule has 1 aromatic heterocycles. The fourth-order valence-electron chi connectivity index (χ4n) is 6.06. The van der Waals surface area contributed by atoms with E-state index in [0.29, 0.717) is 19.6 Å². The van der Waals surface area contributed by atoms with Crippen LogP contribution in [0.5, 0.6) is 11.5 Å². The number of piperidine rings is 2. The van der Waals surface area contributed by atoms with E-state index in [0.717, 1.165) is 91.9 Å². The molecule has 9 nitrogen and oxygen atoms in total. The van der Waals surface area contributed by atoms with Crippen LogP contribution in [0, 0.1) is 6.92 Å². The van der Waals surface area contributed by atoms with Crippen molar-refractivity contribution in [1.29, 1.82) is 0 Å². The molecule has 0 atom stereocenters. The van der Waals surface area contributed by atoms with E-state index in [9.17, 15) is 9.59 Å². The number of hydrogen-bond acceptors (Lipinski definition) is 7. The predicted octanol–water partition coefficient (Wildman–Crippen LogP) is 5.67. The molecule has 3 heterocycles. The van der Waals surface area contributed by atoms with Crippen molar-refractivity contribution in [3.8, 4) is 22.6 Å². The Kier molecular flexibility index (Phi) is 11.2. The van der Waals surface area contributed by atoms with Crippen LogP contribution in [0.25, 0.3) is 11.1 Å².